The van der Waals surface area contributed by atoms with Gasteiger partial charge in [0, 0.05) is 24.3 Å². The van der Waals surface area contributed by atoms with Gasteiger partial charge in [0.05, 0.1) is 9.75 Å². The minimum atomic E-state index is -0.258. The lowest BCUT2D eigenvalue weighted by molar-refractivity contribution is 0.0792. The number of Topliss-reactive ketones (excluding diaryl/α,β-unsaturated/α-hetero) is 1. The number of nitrogens with one attached hydrogen (secondary N) is 1. The van der Waals surface area contributed by atoms with Crippen LogP contribution in [-0.4, -0.2) is 35.6 Å². The molecule has 1 fully saturated rings. The molecule has 2 heterocycles. The van der Waals surface area contributed by atoms with Crippen LogP contribution in [0.4, 0.5) is 5.69 Å². The van der Waals surface area contributed by atoms with Gasteiger partial charge >= 0.3 is 0 Å². The second-order valence-electron chi connectivity index (χ2n) is 5.75. The summed E-state index contributed by atoms with van der Waals surface area (Å²) in [6.45, 7) is 3.10. The number of benzene rings is 1. The van der Waals surface area contributed by atoms with Crippen molar-refractivity contribution < 1.29 is 14.4 Å². The Kier molecular flexibility index (Phi) is 4.76. The van der Waals surface area contributed by atoms with E-state index in [4.69, 9.17) is 0 Å². The average Bonchev–Trinajstić information content (AvgIpc) is 3.26. The summed E-state index contributed by atoms with van der Waals surface area (Å²) < 4.78 is 0. The standard InChI is InChI=1S/C18H18N2O3S/c1-12(21)15-8-9-16(24-15)17(22)19-14-6-4-13(5-7-14)18(23)20-10-2-3-11-20/h4-9H,2-3,10-11H2,1H3,(H,19,22). The molecular weight excluding hydrogens is 324 g/mol. The van der Waals surface area contributed by atoms with Crippen molar-refractivity contribution in [3.63, 3.8) is 0 Å². The van der Waals surface area contributed by atoms with Crippen LogP contribution in [0.1, 0.15) is 49.5 Å². The second kappa shape index (κ2) is 6.97. The molecule has 24 heavy (non-hydrogen) atoms. The fourth-order valence-corrected chi connectivity index (χ4v) is 3.44. The first-order valence-electron chi connectivity index (χ1n) is 7.86. The molecule has 0 unspecified atom stereocenters. The summed E-state index contributed by atoms with van der Waals surface area (Å²) >= 11 is 1.17. The van der Waals surface area contributed by atoms with Crippen LogP contribution in [0.5, 0.6) is 0 Å². The second-order valence-corrected chi connectivity index (χ2v) is 6.83. The van der Waals surface area contributed by atoms with Crippen molar-refractivity contribution in [2.75, 3.05) is 18.4 Å². The summed E-state index contributed by atoms with van der Waals surface area (Å²) in [5, 5.41) is 2.78. The fraction of sp³-hybridized carbons (Fsp3) is 0.278. The highest BCUT2D eigenvalue weighted by Crippen LogP contribution is 2.20. The highest BCUT2D eigenvalue weighted by atomic mass is 32.1. The molecule has 0 saturated carbocycles. The minimum absolute atomic E-state index is 0.0368. The Labute approximate surface area is 144 Å². The fourth-order valence-electron chi connectivity index (χ4n) is 2.64. The smallest absolute Gasteiger partial charge is 0.265 e. The van der Waals surface area contributed by atoms with E-state index < -0.39 is 0 Å². The highest BCUT2D eigenvalue weighted by Gasteiger charge is 2.19. The third-order valence-corrected chi connectivity index (χ3v) is 5.14. The number of thiophene rings is 1. The first-order valence-corrected chi connectivity index (χ1v) is 8.68. The van der Waals surface area contributed by atoms with Gasteiger partial charge in [-0.15, -0.1) is 11.3 Å². The summed E-state index contributed by atoms with van der Waals surface area (Å²) in [7, 11) is 0. The van der Waals surface area contributed by atoms with E-state index in [0.29, 0.717) is 21.0 Å². The van der Waals surface area contributed by atoms with Crippen molar-refractivity contribution in [1.82, 2.24) is 4.90 Å². The Balaban J connectivity index is 1.65. The third kappa shape index (κ3) is 3.54. The molecule has 0 atom stereocenters. The molecule has 0 spiro atoms. The third-order valence-electron chi connectivity index (χ3n) is 3.96. The zero-order valence-corrected chi connectivity index (χ0v) is 14.2. The van der Waals surface area contributed by atoms with Gasteiger partial charge in [-0.2, -0.15) is 0 Å². The molecule has 3 rings (SSSR count). The molecule has 1 aromatic carbocycles. The first-order chi connectivity index (χ1) is 11.5. The molecule has 1 aliphatic heterocycles. The van der Waals surface area contributed by atoms with Gasteiger partial charge in [-0.3, -0.25) is 14.4 Å². The maximum absolute atomic E-state index is 12.3. The summed E-state index contributed by atoms with van der Waals surface area (Å²) in [4.78, 5) is 38.7. The number of rotatable bonds is 4. The van der Waals surface area contributed by atoms with Crippen molar-refractivity contribution in [3.8, 4) is 0 Å². The van der Waals surface area contributed by atoms with Crippen molar-refractivity contribution >= 4 is 34.6 Å². The van der Waals surface area contributed by atoms with E-state index in [9.17, 15) is 14.4 Å². The molecule has 0 radical (unpaired) electrons. The lowest BCUT2D eigenvalue weighted by atomic mass is 10.2. The van der Waals surface area contributed by atoms with Crippen LogP contribution < -0.4 is 5.32 Å². The number of hydrogen-bond donors (Lipinski definition) is 1. The number of carbonyl (C=O) groups is 3. The number of nitrogens with zero attached hydrogens (tertiary/aromatic N) is 1. The molecule has 5 nitrogen and oxygen atoms in total. The van der Waals surface area contributed by atoms with Crippen molar-refractivity contribution in [2.45, 2.75) is 19.8 Å². The maximum atomic E-state index is 12.3. The van der Waals surface area contributed by atoms with Gasteiger partial charge in [-0.1, -0.05) is 0 Å². The largest absolute Gasteiger partial charge is 0.339 e. The van der Waals surface area contributed by atoms with Crippen LogP contribution in [0.25, 0.3) is 0 Å². The molecule has 2 amide bonds. The quantitative estimate of drug-likeness (QED) is 0.866. The molecule has 1 aliphatic rings. The van der Waals surface area contributed by atoms with Gasteiger partial charge < -0.3 is 10.2 Å². The molecule has 2 aromatic rings. The Bertz CT molecular complexity index is 774. The monoisotopic (exact) mass is 342 g/mol. The normalized spacial score (nSPS) is 13.8. The zero-order valence-electron chi connectivity index (χ0n) is 13.4. The van der Waals surface area contributed by atoms with Gasteiger partial charge in [-0.25, -0.2) is 0 Å². The van der Waals surface area contributed by atoms with E-state index in [2.05, 4.69) is 5.32 Å². The number of anilines is 1. The first kappa shape index (κ1) is 16.4. The lowest BCUT2D eigenvalue weighted by Crippen LogP contribution is -2.27. The van der Waals surface area contributed by atoms with Crippen LogP contribution in [0.3, 0.4) is 0 Å². The van der Waals surface area contributed by atoms with E-state index in [1.54, 1.807) is 36.4 Å². The Morgan fingerprint density at radius 3 is 2.17 bits per heavy atom. The zero-order chi connectivity index (χ0) is 17.1. The average molecular weight is 342 g/mol. The SMILES string of the molecule is CC(=O)c1ccc(C(=O)Nc2ccc(C(=O)N3CCCC3)cc2)s1. The van der Waals surface area contributed by atoms with Gasteiger partial charge in [0.2, 0.25) is 0 Å². The number of ketones is 1. The number of amides is 2. The maximum Gasteiger partial charge on any atom is 0.265 e. The predicted molar refractivity (Wildman–Crippen MR) is 93.9 cm³/mol. The Hall–Kier alpha value is -2.47. The van der Waals surface area contributed by atoms with Crippen LogP contribution in [0, 0.1) is 0 Å². The van der Waals surface area contributed by atoms with Crippen LogP contribution in [-0.2, 0) is 0 Å². The minimum Gasteiger partial charge on any atom is -0.339 e. The topological polar surface area (TPSA) is 66.5 Å². The van der Waals surface area contributed by atoms with Crippen molar-refractivity contribution in [1.29, 1.82) is 0 Å². The van der Waals surface area contributed by atoms with Crippen LogP contribution in [0.15, 0.2) is 36.4 Å². The van der Waals surface area contributed by atoms with E-state index in [1.165, 1.54) is 18.3 Å². The van der Waals surface area contributed by atoms with Crippen LogP contribution >= 0.6 is 11.3 Å². The molecule has 0 bridgehead atoms. The number of hydrogen-bond acceptors (Lipinski definition) is 4. The highest BCUT2D eigenvalue weighted by molar-refractivity contribution is 7.16. The Morgan fingerprint density at radius 2 is 1.58 bits per heavy atom. The summed E-state index contributed by atoms with van der Waals surface area (Å²) in [6, 6.07) is 10.2. The molecule has 124 valence electrons. The van der Waals surface area contributed by atoms with E-state index >= 15 is 0 Å². The molecule has 0 aliphatic carbocycles. The molecular formula is C18H18N2O3S. The number of likely N-dealkylation sites (tertiary alicyclic amines) is 1. The van der Waals surface area contributed by atoms with E-state index in [0.717, 1.165) is 25.9 Å². The molecule has 1 N–H and O–H groups in total. The predicted octanol–water partition coefficient (Wildman–Crippen LogP) is 3.44. The Morgan fingerprint density at radius 1 is 0.958 bits per heavy atom. The lowest BCUT2D eigenvalue weighted by Gasteiger charge is -2.15. The summed E-state index contributed by atoms with van der Waals surface area (Å²) in [5.41, 5.74) is 1.25. The summed E-state index contributed by atoms with van der Waals surface area (Å²) in [6.07, 6.45) is 2.12. The van der Waals surface area contributed by atoms with Crippen LogP contribution in [0.2, 0.25) is 0 Å². The number of carbonyl (C=O) groups excluding carboxylic acids is 3. The van der Waals surface area contributed by atoms with Gasteiger partial charge in [0.25, 0.3) is 11.8 Å². The molecule has 1 saturated heterocycles. The van der Waals surface area contributed by atoms with Gasteiger partial charge in [0.15, 0.2) is 5.78 Å². The van der Waals surface area contributed by atoms with Gasteiger partial charge in [0.1, 0.15) is 0 Å². The van der Waals surface area contributed by atoms with E-state index in [-0.39, 0.29) is 17.6 Å². The molecule has 1 aromatic heterocycles. The van der Waals surface area contributed by atoms with Gasteiger partial charge in [-0.05, 0) is 56.2 Å². The molecule has 6 heteroatoms. The van der Waals surface area contributed by atoms with Crippen molar-refractivity contribution in [3.05, 3.63) is 51.7 Å². The van der Waals surface area contributed by atoms with Crippen molar-refractivity contribution in [2.24, 2.45) is 0 Å². The summed E-state index contributed by atoms with van der Waals surface area (Å²) in [5.74, 6) is -0.273. The van der Waals surface area contributed by atoms with E-state index in [1.807, 2.05) is 4.90 Å².